The van der Waals surface area contributed by atoms with Crippen molar-refractivity contribution in [3.05, 3.63) is 0 Å². The van der Waals surface area contributed by atoms with Gasteiger partial charge in [0.1, 0.15) is 0 Å². The average molecular weight is 496 g/mol. The molecule has 2 saturated heterocycles. The van der Waals surface area contributed by atoms with E-state index in [9.17, 15) is 0 Å². The van der Waals surface area contributed by atoms with Crippen LogP contribution in [0.2, 0.25) is 0 Å². The third kappa shape index (κ3) is 10.9. The zero-order chi connectivity index (χ0) is 18.6. The van der Waals surface area contributed by atoms with Crippen molar-refractivity contribution in [3.8, 4) is 0 Å². The van der Waals surface area contributed by atoms with Gasteiger partial charge in [0.15, 0.2) is 5.96 Å². The molecule has 7 heteroatoms. The van der Waals surface area contributed by atoms with Gasteiger partial charge in [-0.2, -0.15) is 0 Å². The molecule has 2 fully saturated rings. The largest absolute Gasteiger partial charge is 0.379 e. The van der Waals surface area contributed by atoms with Crippen LogP contribution >= 0.6 is 24.0 Å². The van der Waals surface area contributed by atoms with E-state index in [4.69, 9.17) is 9.47 Å². The number of hydrogen-bond acceptors (Lipinski definition) is 4. The number of piperidine rings is 1. The Morgan fingerprint density at radius 1 is 1.11 bits per heavy atom. The number of nitrogens with zero attached hydrogens (tertiary/aromatic N) is 2. The zero-order valence-corrected chi connectivity index (χ0v) is 19.9. The Balaban J connectivity index is 0.00000364. The van der Waals surface area contributed by atoms with Gasteiger partial charge in [-0.15, -0.1) is 24.0 Å². The second-order valence-corrected chi connectivity index (χ2v) is 8.05. The lowest BCUT2D eigenvalue weighted by atomic mass is 9.92. The van der Waals surface area contributed by atoms with E-state index in [1.165, 1.54) is 38.9 Å². The molecule has 0 spiro atoms. The Labute approximate surface area is 183 Å². The minimum atomic E-state index is 0. The van der Waals surface area contributed by atoms with E-state index in [-0.39, 0.29) is 24.0 Å². The van der Waals surface area contributed by atoms with Crippen LogP contribution in [0.25, 0.3) is 0 Å². The Hall–Kier alpha value is -0.120. The highest BCUT2D eigenvalue weighted by molar-refractivity contribution is 14.0. The molecule has 0 aliphatic carbocycles. The van der Waals surface area contributed by atoms with E-state index >= 15 is 0 Å². The van der Waals surface area contributed by atoms with Crippen LogP contribution in [0.5, 0.6) is 0 Å². The number of halogens is 1. The van der Waals surface area contributed by atoms with Gasteiger partial charge in [-0.1, -0.05) is 13.8 Å². The Kier molecular flexibility index (Phi) is 13.7. The van der Waals surface area contributed by atoms with Gasteiger partial charge in [0.25, 0.3) is 0 Å². The van der Waals surface area contributed by atoms with Gasteiger partial charge in [-0.05, 0) is 50.5 Å². The predicted molar refractivity (Wildman–Crippen MR) is 123 cm³/mol. The number of guanidine groups is 1. The molecule has 6 nitrogen and oxygen atoms in total. The van der Waals surface area contributed by atoms with E-state index in [2.05, 4.69) is 34.4 Å². The number of hydrogen-bond donors (Lipinski definition) is 2. The second kappa shape index (κ2) is 14.8. The lowest BCUT2D eigenvalue weighted by Crippen LogP contribution is -2.40. The third-order valence-corrected chi connectivity index (χ3v) is 5.22. The molecular formula is C20H41IN4O2. The molecule has 0 bridgehead atoms. The van der Waals surface area contributed by atoms with Gasteiger partial charge in [-0.25, -0.2) is 0 Å². The summed E-state index contributed by atoms with van der Waals surface area (Å²) < 4.78 is 11.1. The first kappa shape index (κ1) is 24.9. The molecule has 2 heterocycles. The van der Waals surface area contributed by atoms with Crippen molar-refractivity contribution in [1.29, 1.82) is 0 Å². The SMILES string of the molecule is CN=C(NCCCCN1CC(C)CC(C)C1)NCCCOC1CCOC1.I. The number of rotatable bonds is 10. The molecule has 2 aliphatic heterocycles. The minimum Gasteiger partial charge on any atom is -0.379 e. The molecule has 2 aliphatic rings. The second-order valence-electron chi connectivity index (χ2n) is 8.05. The summed E-state index contributed by atoms with van der Waals surface area (Å²) in [6.07, 6.45) is 6.15. The van der Waals surface area contributed by atoms with Crippen LogP contribution in [0.1, 0.15) is 46.0 Å². The first-order valence-corrected chi connectivity index (χ1v) is 10.5. The predicted octanol–water partition coefficient (Wildman–Crippen LogP) is 2.72. The molecule has 0 aromatic rings. The topological polar surface area (TPSA) is 58.1 Å². The van der Waals surface area contributed by atoms with E-state index in [0.717, 1.165) is 63.5 Å². The summed E-state index contributed by atoms with van der Waals surface area (Å²) in [6, 6.07) is 0. The molecule has 0 aromatic heterocycles. The Morgan fingerprint density at radius 3 is 2.44 bits per heavy atom. The van der Waals surface area contributed by atoms with E-state index in [1.54, 1.807) is 0 Å². The minimum absolute atomic E-state index is 0. The first-order chi connectivity index (χ1) is 12.7. The molecule has 3 unspecified atom stereocenters. The quantitative estimate of drug-likeness (QED) is 0.211. The van der Waals surface area contributed by atoms with E-state index < -0.39 is 0 Å². The van der Waals surface area contributed by atoms with Crippen molar-refractivity contribution in [2.24, 2.45) is 16.8 Å². The molecule has 2 N–H and O–H groups in total. The van der Waals surface area contributed by atoms with E-state index in [0.29, 0.717) is 6.10 Å². The normalized spacial score (nSPS) is 26.6. The standard InChI is InChI=1S/C20H40N4O2.HI/c1-17-13-18(2)15-24(14-17)10-5-4-8-22-20(21-3)23-9-6-11-26-19-7-12-25-16-19;/h17-19H,4-16H2,1-3H3,(H2,21,22,23);1H. The van der Waals surface area contributed by atoms with Gasteiger partial charge in [0, 0.05) is 46.4 Å². The molecule has 160 valence electrons. The summed E-state index contributed by atoms with van der Waals surface area (Å²) in [5.41, 5.74) is 0. The molecule has 27 heavy (non-hydrogen) atoms. The maximum Gasteiger partial charge on any atom is 0.190 e. The fourth-order valence-corrected chi connectivity index (χ4v) is 4.04. The van der Waals surface area contributed by atoms with Gasteiger partial charge in [-0.3, -0.25) is 4.99 Å². The molecule has 2 rings (SSSR count). The molecule has 0 aromatic carbocycles. The Bertz CT molecular complexity index is 395. The summed E-state index contributed by atoms with van der Waals surface area (Å²) in [4.78, 5) is 6.93. The van der Waals surface area contributed by atoms with Crippen molar-refractivity contribution < 1.29 is 9.47 Å². The molecule has 0 amide bonds. The number of ether oxygens (including phenoxy) is 2. The first-order valence-electron chi connectivity index (χ1n) is 10.5. The smallest absolute Gasteiger partial charge is 0.190 e. The number of aliphatic imine (C=N–C) groups is 1. The van der Waals surface area contributed by atoms with Crippen LogP contribution in [-0.2, 0) is 9.47 Å². The summed E-state index contributed by atoms with van der Waals surface area (Å²) >= 11 is 0. The van der Waals surface area contributed by atoms with Crippen LogP contribution < -0.4 is 10.6 Å². The maximum absolute atomic E-state index is 5.77. The number of likely N-dealkylation sites (tertiary alicyclic amines) is 1. The summed E-state index contributed by atoms with van der Waals surface area (Å²) in [6.45, 7) is 12.8. The maximum atomic E-state index is 5.77. The van der Waals surface area contributed by atoms with Crippen LogP contribution in [-0.4, -0.2) is 76.6 Å². The summed E-state index contributed by atoms with van der Waals surface area (Å²) in [5.74, 6) is 2.60. The van der Waals surface area contributed by atoms with Crippen molar-refractivity contribution >= 4 is 29.9 Å². The zero-order valence-electron chi connectivity index (χ0n) is 17.5. The summed E-state index contributed by atoms with van der Waals surface area (Å²) in [5, 5.41) is 6.78. The lowest BCUT2D eigenvalue weighted by Gasteiger charge is -2.34. The van der Waals surface area contributed by atoms with Crippen molar-refractivity contribution in [2.45, 2.75) is 52.1 Å². The van der Waals surface area contributed by atoms with Crippen molar-refractivity contribution in [2.75, 3.05) is 59.6 Å². The lowest BCUT2D eigenvalue weighted by molar-refractivity contribution is 0.0420. The van der Waals surface area contributed by atoms with Crippen LogP contribution in [0.4, 0.5) is 0 Å². The number of unbranched alkanes of at least 4 members (excludes halogenated alkanes) is 1. The molecule has 3 atom stereocenters. The highest BCUT2D eigenvalue weighted by Gasteiger charge is 2.20. The molecule has 0 saturated carbocycles. The average Bonchev–Trinajstić information content (AvgIpc) is 3.12. The fourth-order valence-electron chi connectivity index (χ4n) is 4.04. The van der Waals surface area contributed by atoms with Gasteiger partial charge in [0.05, 0.1) is 12.7 Å². The van der Waals surface area contributed by atoms with Crippen molar-refractivity contribution in [1.82, 2.24) is 15.5 Å². The van der Waals surface area contributed by atoms with Crippen LogP contribution in [0.15, 0.2) is 4.99 Å². The van der Waals surface area contributed by atoms with Gasteiger partial charge in [0.2, 0.25) is 0 Å². The number of nitrogens with one attached hydrogen (secondary N) is 2. The van der Waals surface area contributed by atoms with Gasteiger partial charge >= 0.3 is 0 Å². The van der Waals surface area contributed by atoms with Crippen LogP contribution in [0.3, 0.4) is 0 Å². The molecular weight excluding hydrogens is 455 g/mol. The monoisotopic (exact) mass is 496 g/mol. The fraction of sp³-hybridized carbons (Fsp3) is 0.950. The van der Waals surface area contributed by atoms with Crippen LogP contribution in [0, 0.1) is 11.8 Å². The molecule has 0 radical (unpaired) electrons. The third-order valence-electron chi connectivity index (χ3n) is 5.22. The van der Waals surface area contributed by atoms with Crippen molar-refractivity contribution in [3.63, 3.8) is 0 Å². The highest BCUT2D eigenvalue weighted by atomic mass is 127. The van der Waals surface area contributed by atoms with Gasteiger partial charge < -0.3 is 25.0 Å². The van der Waals surface area contributed by atoms with E-state index in [1.807, 2.05) is 7.05 Å². The Morgan fingerprint density at radius 2 is 1.81 bits per heavy atom. The summed E-state index contributed by atoms with van der Waals surface area (Å²) in [7, 11) is 1.83. The highest BCUT2D eigenvalue weighted by Crippen LogP contribution is 2.20.